The first-order valence-corrected chi connectivity index (χ1v) is 10.2. The van der Waals surface area contributed by atoms with Crippen molar-refractivity contribution in [1.29, 1.82) is 0 Å². The molecule has 2 rings (SSSR count). The molecule has 6 nitrogen and oxygen atoms in total. The molecule has 7 heteroatoms. The number of amides is 1. The van der Waals surface area contributed by atoms with Crippen LogP contribution in [-0.4, -0.2) is 50.5 Å². The van der Waals surface area contributed by atoms with Crippen LogP contribution in [0.15, 0.2) is 29.2 Å². The zero-order valence-corrected chi connectivity index (χ0v) is 16.2. The van der Waals surface area contributed by atoms with E-state index in [1.165, 1.54) is 16.4 Å². The lowest BCUT2D eigenvalue weighted by molar-refractivity contribution is -0.0440. The minimum atomic E-state index is -3.64. The molecule has 2 atom stereocenters. The standard InChI is InChI=1S/C18H28N2O4S/c1-13(2)8-9-19-18(21)16-6-5-7-17(10-16)25(22,23)20-11-14(3)24-15(4)12-20/h5-7,10,13-15H,8-9,11-12H2,1-4H3,(H,19,21)/t14-,15+. The van der Waals surface area contributed by atoms with Gasteiger partial charge in [-0.25, -0.2) is 8.42 Å². The molecule has 1 aromatic carbocycles. The lowest BCUT2D eigenvalue weighted by Crippen LogP contribution is -2.48. The first-order valence-electron chi connectivity index (χ1n) is 8.74. The van der Waals surface area contributed by atoms with Crippen LogP contribution in [0.1, 0.15) is 44.5 Å². The molecule has 1 fully saturated rings. The molecule has 0 unspecified atom stereocenters. The molecule has 0 aliphatic carbocycles. The minimum Gasteiger partial charge on any atom is -0.373 e. The molecule has 1 heterocycles. The average Bonchev–Trinajstić information content (AvgIpc) is 2.53. The number of hydrogen-bond acceptors (Lipinski definition) is 4. The highest BCUT2D eigenvalue weighted by atomic mass is 32.2. The van der Waals surface area contributed by atoms with Gasteiger partial charge in [-0.1, -0.05) is 19.9 Å². The Hall–Kier alpha value is -1.44. The maximum absolute atomic E-state index is 12.9. The van der Waals surface area contributed by atoms with Gasteiger partial charge in [-0.2, -0.15) is 4.31 Å². The molecular formula is C18H28N2O4S. The fraction of sp³-hybridized carbons (Fsp3) is 0.611. The van der Waals surface area contributed by atoms with Crippen molar-refractivity contribution < 1.29 is 17.9 Å². The first kappa shape index (κ1) is 19.9. The molecule has 1 aliphatic heterocycles. The summed E-state index contributed by atoms with van der Waals surface area (Å²) in [7, 11) is -3.64. The zero-order valence-electron chi connectivity index (χ0n) is 15.4. The van der Waals surface area contributed by atoms with Gasteiger partial charge in [0.25, 0.3) is 5.91 Å². The Morgan fingerprint density at radius 3 is 2.52 bits per heavy atom. The van der Waals surface area contributed by atoms with Crippen molar-refractivity contribution in [2.24, 2.45) is 5.92 Å². The van der Waals surface area contributed by atoms with E-state index in [1.54, 1.807) is 12.1 Å². The summed E-state index contributed by atoms with van der Waals surface area (Å²) in [4.78, 5) is 12.4. The smallest absolute Gasteiger partial charge is 0.251 e. The predicted molar refractivity (Wildman–Crippen MR) is 97.0 cm³/mol. The van der Waals surface area contributed by atoms with Gasteiger partial charge in [-0.3, -0.25) is 4.79 Å². The quantitative estimate of drug-likeness (QED) is 0.836. The number of nitrogens with zero attached hydrogens (tertiary/aromatic N) is 1. The largest absolute Gasteiger partial charge is 0.373 e. The number of nitrogens with one attached hydrogen (secondary N) is 1. The molecule has 1 saturated heterocycles. The number of hydrogen-bond donors (Lipinski definition) is 1. The second kappa shape index (κ2) is 8.29. The Bertz CT molecular complexity index is 693. The fourth-order valence-corrected chi connectivity index (χ4v) is 4.49. The average molecular weight is 368 g/mol. The van der Waals surface area contributed by atoms with E-state index in [9.17, 15) is 13.2 Å². The van der Waals surface area contributed by atoms with E-state index in [0.29, 0.717) is 31.1 Å². The number of carbonyl (C=O) groups is 1. The van der Waals surface area contributed by atoms with Crippen LogP contribution >= 0.6 is 0 Å². The summed E-state index contributed by atoms with van der Waals surface area (Å²) >= 11 is 0. The summed E-state index contributed by atoms with van der Waals surface area (Å²) in [6, 6.07) is 6.22. The van der Waals surface area contributed by atoms with E-state index in [1.807, 2.05) is 13.8 Å². The van der Waals surface area contributed by atoms with E-state index in [4.69, 9.17) is 4.74 Å². The van der Waals surface area contributed by atoms with Gasteiger partial charge < -0.3 is 10.1 Å². The summed E-state index contributed by atoms with van der Waals surface area (Å²) in [5.74, 6) is 0.249. The van der Waals surface area contributed by atoms with Gasteiger partial charge >= 0.3 is 0 Å². The third-order valence-electron chi connectivity index (χ3n) is 4.13. The topological polar surface area (TPSA) is 75.7 Å². The van der Waals surface area contributed by atoms with E-state index >= 15 is 0 Å². The van der Waals surface area contributed by atoms with Crippen LogP contribution in [0.3, 0.4) is 0 Å². The second-order valence-corrected chi connectivity index (χ2v) is 8.98. The Labute approximate surface area is 150 Å². The third kappa shape index (κ3) is 5.26. The fourth-order valence-electron chi connectivity index (χ4n) is 2.85. The van der Waals surface area contributed by atoms with E-state index in [2.05, 4.69) is 19.2 Å². The molecule has 1 amide bonds. The Morgan fingerprint density at radius 1 is 1.28 bits per heavy atom. The van der Waals surface area contributed by atoms with Crippen molar-refractivity contribution in [3.8, 4) is 0 Å². The lowest BCUT2D eigenvalue weighted by Gasteiger charge is -2.34. The van der Waals surface area contributed by atoms with Crippen LogP contribution in [0.4, 0.5) is 0 Å². The normalized spacial score (nSPS) is 22.1. The van der Waals surface area contributed by atoms with Crippen LogP contribution in [-0.2, 0) is 14.8 Å². The van der Waals surface area contributed by atoms with Gasteiger partial charge in [0.15, 0.2) is 0 Å². The van der Waals surface area contributed by atoms with Crippen molar-refractivity contribution >= 4 is 15.9 Å². The molecule has 1 aliphatic rings. The highest BCUT2D eigenvalue weighted by Gasteiger charge is 2.32. The number of morpholine rings is 1. The summed E-state index contributed by atoms with van der Waals surface area (Å²) in [6.07, 6.45) is 0.579. The van der Waals surface area contributed by atoms with E-state index < -0.39 is 10.0 Å². The molecule has 0 spiro atoms. The molecule has 140 valence electrons. The molecule has 0 saturated carbocycles. The van der Waals surface area contributed by atoms with Gasteiger partial charge in [0.2, 0.25) is 10.0 Å². The number of carbonyl (C=O) groups excluding carboxylic acids is 1. The number of sulfonamides is 1. The van der Waals surface area contributed by atoms with Crippen molar-refractivity contribution in [1.82, 2.24) is 9.62 Å². The maximum Gasteiger partial charge on any atom is 0.251 e. The first-order chi connectivity index (χ1) is 11.7. The number of rotatable bonds is 6. The second-order valence-electron chi connectivity index (χ2n) is 7.05. The van der Waals surface area contributed by atoms with Crippen LogP contribution < -0.4 is 5.32 Å². The van der Waals surface area contributed by atoms with Gasteiger partial charge in [-0.05, 0) is 44.4 Å². The van der Waals surface area contributed by atoms with Crippen molar-refractivity contribution in [2.45, 2.75) is 51.2 Å². The molecule has 1 N–H and O–H groups in total. The Morgan fingerprint density at radius 2 is 1.92 bits per heavy atom. The van der Waals surface area contributed by atoms with Gasteiger partial charge in [-0.15, -0.1) is 0 Å². The lowest BCUT2D eigenvalue weighted by atomic mass is 10.1. The van der Waals surface area contributed by atoms with Crippen molar-refractivity contribution in [3.63, 3.8) is 0 Å². The number of ether oxygens (including phenoxy) is 1. The van der Waals surface area contributed by atoms with Gasteiger partial charge in [0.1, 0.15) is 0 Å². The van der Waals surface area contributed by atoms with Crippen molar-refractivity contribution in [2.75, 3.05) is 19.6 Å². The SMILES string of the molecule is CC(C)CCNC(=O)c1cccc(S(=O)(=O)N2C[C@@H](C)O[C@@H](C)C2)c1. The van der Waals surface area contributed by atoms with E-state index in [-0.39, 0.29) is 23.0 Å². The molecule has 0 radical (unpaired) electrons. The molecule has 0 aromatic heterocycles. The van der Waals surface area contributed by atoms with E-state index in [0.717, 1.165) is 6.42 Å². The molecule has 25 heavy (non-hydrogen) atoms. The summed E-state index contributed by atoms with van der Waals surface area (Å²) in [6.45, 7) is 9.10. The Balaban J connectivity index is 2.15. The minimum absolute atomic E-state index is 0.144. The monoisotopic (exact) mass is 368 g/mol. The number of benzene rings is 1. The van der Waals surface area contributed by atoms with Gasteiger partial charge in [0, 0.05) is 25.2 Å². The van der Waals surface area contributed by atoms with Crippen LogP contribution in [0.2, 0.25) is 0 Å². The van der Waals surface area contributed by atoms with Gasteiger partial charge in [0.05, 0.1) is 17.1 Å². The zero-order chi connectivity index (χ0) is 18.6. The molecule has 0 bridgehead atoms. The third-order valence-corrected chi connectivity index (χ3v) is 5.95. The van der Waals surface area contributed by atoms with Crippen LogP contribution in [0.25, 0.3) is 0 Å². The predicted octanol–water partition coefficient (Wildman–Crippen LogP) is 2.26. The van der Waals surface area contributed by atoms with Crippen molar-refractivity contribution in [3.05, 3.63) is 29.8 Å². The van der Waals surface area contributed by atoms with Crippen LogP contribution in [0, 0.1) is 5.92 Å². The summed E-state index contributed by atoms with van der Waals surface area (Å²) < 4.78 is 32.8. The summed E-state index contributed by atoms with van der Waals surface area (Å²) in [5, 5.41) is 2.84. The highest BCUT2D eigenvalue weighted by Crippen LogP contribution is 2.22. The highest BCUT2D eigenvalue weighted by molar-refractivity contribution is 7.89. The molecule has 1 aromatic rings. The van der Waals surface area contributed by atoms with Crippen LogP contribution in [0.5, 0.6) is 0 Å². The maximum atomic E-state index is 12.9. The molecular weight excluding hydrogens is 340 g/mol. The Kier molecular flexibility index (Phi) is 6.59. The summed E-state index contributed by atoms with van der Waals surface area (Å²) in [5.41, 5.74) is 0.360.